The Morgan fingerprint density at radius 2 is 1.88 bits per heavy atom. The summed E-state index contributed by atoms with van der Waals surface area (Å²) >= 11 is 0. The molecule has 0 aliphatic carbocycles. The van der Waals surface area contributed by atoms with Crippen molar-refractivity contribution >= 4 is 16.9 Å². The summed E-state index contributed by atoms with van der Waals surface area (Å²) in [5, 5.41) is 14.2. The first-order chi connectivity index (χ1) is 11.7. The molecule has 0 aliphatic heterocycles. The van der Waals surface area contributed by atoms with Crippen molar-refractivity contribution < 1.29 is 14.4 Å². The van der Waals surface area contributed by atoms with Gasteiger partial charge in [0.15, 0.2) is 5.58 Å². The Hall–Kier alpha value is -2.66. The Bertz CT molecular complexity index is 814. The van der Waals surface area contributed by atoms with Crippen LogP contribution in [-0.2, 0) is 11.2 Å². The van der Waals surface area contributed by atoms with E-state index >= 15 is 0 Å². The van der Waals surface area contributed by atoms with Crippen LogP contribution in [0, 0.1) is 0 Å². The highest BCUT2D eigenvalue weighted by molar-refractivity contribution is 5.86. The van der Waals surface area contributed by atoms with Crippen LogP contribution in [0.3, 0.4) is 0 Å². The first kappa shape index (κ1) is 16.2. The fourth-order valence-corrected chi connectivity index (χ4v) is 2.89. The van der Waals surface area contributed by atoms with E-state index in [0.717, 1.165) is 10.9 Å². The smallest absolute Gasteiger partial charge is 0.229 e. The molecule has 124 valence electrons. The van der Waals surface area contributed by atoms with Gasteiger partial charge in [0.1, 0.15) is 5.69 Å². The van der Waals surface area contributed by atoms with Crippen molar-refractivity contribution in [2.75, 3.05) is 13.7 Å². The van der Waals surface area contributed by atoms with Crippen molar-refractivity contribution in [1.29, 1.82) is 0 Å². The van der Waals surface area contributed by atoms with Gasteiger partial charge in [-0.3, -0.25) is 4.79 Å². The molecule has 1 heterocycles. The van der Waals surface area contributed by atoms with Crippen LogP contribution in [0.25, 0.3) is 11.0 Å². The summed E-state index contributed by atoms with van der Waals surface area (Å²) in [5.41, 5.74) is 2.32. The number of carbonyl (C=O) groups is 1. The number of fused-ring (bicyclic) bond motifs is 1. The van der Waals surface area contributed by atoms with Crippen molar-refractivity contribution in [3.63, 3.8) is 0 Å². The lowest BCUT2D eigenvalue weighted by Crippen LogP contribution is -2.33. The van der Waals surface area contributed by atoms with Gasteiger partial charge in [-0.2, -0.15) is 0 Å². The molecule has 1 unspecified atom stereocenters. The third-order valence-electron chi connectivity index (χ3n) is 4.22. The molecule has 0 saturated heterocycles. The van der Waals surface area contributed by atoms with E-state index in [1.165, 1.54) is 0 Å². The van der Waals surface area contributed by atoms with Crippen molar-refractivity contribution in [2.45, 2.75) is 18.9 Å². The molecule has 24 heavy (non-hydrogen) atoms. The topological polar surface area (TPSA) is 66.6 Å². The van der Waals surface area contributed by atoms with Gasteiger partial charge in [-0.15, -0.1) is 0 Å². The van der Waals surface area contributed by atoms with E-state index in [-0.39, 0.29) is 25.0 Å². The van der Waals surface area contributed by atoms with Crippen molar-refractivity contribution in [3.8, 4) is 0 Å². The zero-order valence-corrected chi connectivity index (χ0v) is 13.6. The van der Waals surface area contributed by atoms with Gasteiger partial charge in [0.05, 0.1) is 12.5 Å². The molecule has 0 saturated carbocycles. The SMILES string of the molecule is CN(C(=O)Cc1noc2ccccc12)C(CCO)c1ccccc1. The Labute approximate surface area is 140 Å². The Kier molecular flexibility index (Phi) is 4.91. The Morgan fingerprint density at radius 3 is 2.62 bits per heavy atom. The summed E-state index contributed by atoms with van der Waals surface area (Å²) in [6.45, 7) is 0.0179. The molecule has 5 nitrogen and oxygen atoms in total. The number of hydrogen-bond acceptors (Lipinski definition) is 4. The third-order valence-corrected chi connectivity index (χ3v) is 4.22. The predicted molar refractivity (Wildman–Crippen MR) is 91.4 cm³/mol. The fourth-order valence-electron chi connectivity index (χ4n) is 2.89. The summed E-state index contributed by atoms with van der Waals surface area (Å²) in [4.78, 5) is 14.4. The second-order valence-electron chi connectivity index (χ2n) is 5.75. The van der Waals surface area contributed by atoms with Crippen LogP contribution in [0.2, 0.25) is 0 Å². The third kappa shape index (κ3) is 3.31. The van der Waals surface area contributed by atoms with Crippen LogP contribution >= 0.6 is 0 Å². The molecule has 3 aromatic rings. The molecule has 5 heteroatoms. The molecular formula is C19H20N2O3. The van der Waals surface area contributed by atoms with Gasteiger partial charge in [0.25, 0.3) is 0 Å². The zero-order valence-electron chi connectivity index (χ0n) is 13.6. The van der Waals surface area contributed by atoms with E-state index in [9.17, 15) is 9.90 Å². The molecule has 3 rings (SSSR count). The van der Waals surface area contributed by atoms with Gasteiger partial charge >= 0.3 is 0 Å². The molecule has 0 bridgehead atoms. The number of para-hydroxylation sites is 1. The molecule has 1 amide bonds. The fraction of sp³-hybridized carbons (Fsp3) is 0.263. The second kappa shape index (κ2) is 7.27. The molecule has 0 aliphatic rings. The number of rotatable bonds is 6. The minimum Gasteiger partial charge on any atom is -0.396 e. The maximum absolute atomic E-state index is 12.7. The summed E-state index contributed by atoms with van der Waals surface area (Å²) in [6.07, 6.45) is 0.661. The standard InChI is InChI=1S/C19H20N2O3/c1-21(17(11-12-22)14-7-3-2-4-8-14)19(23)13-16-15-9-5-6-10-18(15)24-20-16/h2-10,17,22H,11-13H2,1H3. The van der Waals surface area contributed by atoms with E-state index in [2.05, 4.69) is 5.16 Å². The number of hydrogen-bond donors (Lipinski definition) is 1. The maximum atomic E-state index is 12.7. The van der Waals surface area contributed by atoms with Crippen LogP contribution < -0.4 is 0 Å². The summed E-state index contributed by atoms with van der Waals surface area (Å²) in [6, 6.07) is 17.1. The molecular weight excluding hydrogens is 304 g/mol. The normalized spacial score (nSPS) is 12.2. The van der Waals surface area contributed by atoms with E-state index in [0.29, 0.717) is 17.7 Å². The first-order valence-electron chi connectivity index (χ1n) is 7.95. The van der Waals surface area contributed by atoms with Gasteiger partial charge in [-0.05, 0) is 24.1 Å². The lowest BCUT2D eigenvalue weighted by molar-refractivity contribution is -0.131. The average Bonchev–Trinajstić information content (AvgIpc) is 3.03. The number of aromatic nitrogens is 1. The lowest BCUT2D eigenvalue weighted by Gasteiger charge is -2.28. The average molecular weight is 324 g/mol. The van der Waals surface area contributed by atoms with Crippen molar-refractivity contribution in [1.82, 2.24) is 10.1 Å². The molecule has 1 aromatic heterocycles. The first-order valence-corrected chi connectivity index (χ1v) is 7.95. The second-order valence-corrected chi connectivity index (χ2v) is 5.75. The Morgan fingerprint density at radius 1 is 1.17 bits per heavy atom. The molecule has 0 fully saturated rings. The minimum atomic E-state index is -0.165. The van der Waals surface area contributed by atoms with Crippen molar-refractivity contribution in [2.24, 2.45) is 0 Å². The molecule has 2 aromatic carbocycles. The molecule has 1 N–H and O–H groups in total. The van der Waals surface area contributed by atoms with Gasteiger partial charge in [-0.1, -0.05) is 47.6 Å². The lowest BCUT2D eigenvalue weighted by atomic mass is 10.0. The van der Waals surface area contributed by atoms with Crippen LogP contribution in [0.5, 0.6) is 0 Å². The highest BCUT2D eigenvalue weighted by atomic mass is 16.5. The van der Waals surface area contributed by atoms with Gasteiger partial charge in [0.2, 0.25) is 5.91 Å². The zero-order chi connectivity index (χ0) is 16.9. The van der Waals surface area contributed by atoms with Gasteiger partial charge in [0, 0.05) is 19.0 Å². The summed E-state index contributed by atoms with van der Waals surface area (Å²) < 4.78 is 5.26. The van der Waals surface area contributed by atoms with E-state index in [4.69, 9.17) is 4.52 Å². The minimum absolute atomic E-state index is 0.0179. The molecule has 0 spiro atoms. The Balaban J connectivity index is 1.80. The number of carbonyl (C=O) groups excluding carboxylic acids is 1. The number of aliphatic hydroxyl groups is 1. The van der Waals surface area contributed by atoms with E-state index < -0.39 is 0 Å². The highest BCUT2D eigenvalue weighted by Gasteiger charge is 2.23. The summed E-state index contributed by atoms with van der Waals surface area (Å²) in [5.74, 6) is -0.0589. The molecule has 1 atom stereocenters. The monoisotopic (exact) mass is 324 g/mol. The van der Waals surface area contributed by atoms with Gasteiger partial charge < -0.3 is 14.5 Å². The number of amides is 1. The highest BCUT2D eigenvalue weighted by Crippen LogP contribution is 2.24. The van der Waals surface area contributed by atoms with Gasteiger partial charge in [-0.25, -0.2) is 0 Å². The quantitative estimate of drug-likeness (QED) is 0.757. The maximum Gasteiger partial charge on any atom is 0.229 e. The van der Waals surface area contributed by atoms with E-state index in [1.54, 1.807) is 11.9 Å². The van der Waals surface area contributed by atoms with Crippen LogP contribution in [0.4, 0.5) is 0 Å². The predicted octanol–water partition coefficient (Wildman–Crippen LogP) is 2.95. The number of aliphatic hydroxyl groups excluding tert-OH is 1. The number of likely N-dealkylation sites (N-methyl/N-ethyl adjacent to an activating group) is 1. The van der Waals surface area contributed by atoms with Crippen LogP contribution in [0.15, 0.2) is 59.1 Å². The molecule has 0 radical (unpaired) electrons. The summed E-state index contributed by atoms with van der Waals surface area (Å²) in [7, 11) is 1.76. The largest absolute Gasteiger partial charge is 0.396 e. The number of benzene rings is 2. The van der Waals surface area contributed by atoms with Crippen LogP contribution in [0.1, 0.15) is 23.7 Å². The van der Waals surface area contributed by atoms with Crippen molar-refractivity contribution in [3.05, 3.63) is 65.9 Å². The van der Waals surface area contributed by atoms with E-state index in [1.807, 2.05) is 54.6 Å². The van der Waals surface area contributed by atoms with Crippen LogP contribution in [-0.4, -0.2) is 34.7 Å². The number of nitrogens with zero attached hydrogens (tertiary/aromatic N) is 2.